The van der Waals surface area contributed by atoms with E-state index in [1.807, 2.05) is 19.1 Å². The molecule has 1 aromatic carbocycles. The molecule has 22 heavy (non-hydrogen) atoms. The number of carbonyl (C=O) groups excluding carboxylic acids is 1. The number of nitrogens with two attached hydrogens (primary N) is 1. The van der Waals surface area contributed by atoms with Crippen LogP contribution in [-0.4, -0.2) is 38.6 Å². The average Bonchev–Trinajstić information content (AvgIpc) is 3.12. The Kier molecular flexibility index (Phi) is 4.25. The number of hydrogen-bond donors (Lipinski definition) is 3. The number of aromatic nitrogens is 4. The number of amides is 1. The normalized spacial score (nSPS) is 11.0. The first-order valence-electron chi connectivity index (χ1n) is 6.57. The second-order valence-electron chi connectivity index (χ2n) is 4.60. The maximum Gasteiger partial charge on any atom is 0.251 e. The molecule has 3 rings (SSSR count). The topological polar surface area (TPSA) is 110 Å². The number of nitrogens with one attached hydrogen (secondary N) is 2. The number of H-pyrrole nitrogens is 1. The third-order valence-corrected chi connectivity index (χ3v) is 4.73. The minimum Gasteiger partial charge on any atom is -0.375 e. The summed E-state index contributed by atoms with van der Waals surface area (Å²) < 4.78 is 0.930. The van der Waals surface area contributed by atoms with Crippen molar-refractivity contribution in [3.63, 3.8) is 0 Å². The van der Waals surface area contributed by atoms with Crippen molar-refractivity contribution < 1.29 is 4.79 Å². The standard InChI is InChI=1S/C13H14N6OS2/c1-7-4-8(5-9-11(7)17-13(14)22-9)12(20)15-2-3-21-10-6-16-19-18-10/h4-6H,2-3H2,1H3,(H2,14,17)(H,15,20)(H,16,18,19). The molecule has 9 heteroatoms. The maximum absolute atomic E-state index is 12.2. The van der Waals surface area contributed by atoms with Crippen LogP contribution in [0.5, 0.6) is 0 Å². The van der Waals surface area contributed by atoms with Crippen LogP contribution in [0, 0.1) is 6.92 Å². The van der Waals surface area contributed by atoms with E-state index in [0.29, 0.717) is 17.2 Å². The van der Waals surface area contributed by atoms with Crippen molar-refractivity contribution in [2.45, 2.75) is 11.9 Å². The number of thioether (sulfide) groups is 1. The van der Waals surface area contributed by atoms with Gasteiger partial charge in [-0.3, -0.25) is 4.79 Å². The number of anilines is 1. The first kappa shape index (κ1) is 14.8. The van der Waals surface area contributed by atoms with Gasteiger partial charge in [0.05, 0.1) is 16.4 Å². The lowest BCUT2D eigenvalue weighted by molar-refractivity contribution is 0.0956. The van der Waals surface area contributed by atoms with E-state index in [4.69, 9.17) is 5.73 Å². The number of nitrogen functional groups attached to an aromatic ring is 1. The van der Waals surface area contributed by atoms with E-state index in [1.165, 1.54) is 23.1 Å². The minimum absolute atomic E-state index is 0.0993. The molecule has 0 aliphatic heterocycles. The zero-order valence-electron chi connectivity index (χ0n) is 11.8. The van der Waals surface area contributed by atoms with Crippen molar-refractivity contribution in [3.05, 3.63) is 29.5 Å². The van der Waals surface area contributed by atoms with Crippen LogP contribution in [0.25, 0.3) is 10.2 Å². The van der Waals surface area contributed by atoms with Gasteiger partial charge in [-0.15, -0.1) is 16.9 Å². The second kappa shape index (κ2) is 6.32. The Labute approximate surface area is 134 Å². The minimum atomic E-state index is -0.0993. The number of rotatable bonds is 5. The van der Waals surface area contributed by atoms with Crippen molar-refractivity contribution >= 4 is 44.4 Å². The second-order valence-corrected chi connectivity index (χ2v) is 6.78. The molecule has 1 amide bonds. The van der Waals surface area contributed by atoms with Crippen LogP contribution >= 0.6 is 23.1 Å². The predicted molar refractivity (Wildman–Crippen MR) is 88.2 cm³/mol. The third-order valence-electron chi connectivity index (χ3n) is 2.99. The molecule has 0 unspecified atom stereocenters. The van der Waals surface area contributed by atoms with Gasteiger partial charge in [-0.05, 0) is 24.6 Å². The quantitative estimate of drug-likeness (QED) is 0.485. The number of fused-ring (bicyclic) bond motifs is 1. The highest BCUT2D eigenvalue weighted by Gasteiger charge is 2.11. The predicted octanol–water partition coefficient (Wildman–Crippen LogP) is 1.83. The van der Waals surface area contributed by atoms with E-state index in [2.05, 4.69) is 25.7 Å². The maximum atomic E-state index is 12.2. The summed E-state index contributed by atoms with van der Waals surface area (Å²) in [6.45, 7) is 2.48. The Morgan fingerprint density at radius 1 is 1.50 bits per heavy atom. The Bertz CT molecular complexity index is 798. The monoisotopic (exact) mass is 334 g/mol. The van der Waals surface area contributed by atoms with E-state index < -0.39 is 0 Å². The van der Waals surface area contributed by atoms with Crippen molar-refractivity contribution in [1.29, 1.82) is 0 Å². The summed E-state index contributed by atoms with van der Waals surface area (Å²) in [4.78, 5) is 16.5. The van der Waals surface area contributed by atoms with Crippen LogP contribution in [-0.2, 0) is 0 Å². The summed E-state index contributed by atoms with van der Waals surface area (Å²) in [6.07, 6.45) is 1.65. The zero-order valence-corrected chi connectivity index (χ0v) is 13.4. The van der Waals surface area contributed by atoms with Crippen LogP contribution in [0.4, 0.5) is 5.13 Å². The fraction of sp³-hybridized carbons (Fsp3) is 0.231. The molecule has 0 atom stereocenters. The van der Waals surface area contributed by atoms with Gasteiger partial charge in [0.25, 0.3) is 5.91 Å². The fourth-order valence-corrected chi connectivity index (χ4v) is 3.53. The molecule has 0 saturated carbocycles. The van der Waals surface area contributed by atoms with Crippen molar-refractivity contribution in [2.75, 3.05) is 18.0 Å². The molecular weight excluding hydrogens is 320 g/mol. The molecule has 0 fully saturated rings. The van der Waals surface area contributed by atoms with Gasteiger partial charge < -0.3 is 11.1 Å². The van der Waals surface area contributed by atoms with Crippen LogP contribution in [0.1, 0.15) is 15.9 Å². The Hall–Kier alpha value is -2.13. The Balaban J connectivity index is 1.62. The van der Waals surface area contributed by atoms with Crippen molar-refractivity contribution in [1.82, 2.24) is 25.7 Å². The molecule has 0 aliphatic rings. The molecule has 0 radical (unpaired) electrons. The van der Waals surface area contributed by atoms with Crippen molar-refractivity contribution in [3.8, 4) is 0 Å². The van der Waals surface area contributed by atoms with Crippen LogP contribution in [0.2, 0.25) is 0 Å². The van der Waals surface area contributed by atoms with E-state index in [-0.39, 0.29) is 5.91 Å². The van der Waals surface area contributed by atoms with E-state index >= 15 is 0 Å². The largest absolute Gasteiger partial charge is 0.375 e. The van der Waals surface area contributed by atoms with Crippen molar-refractivity contribution in [2.24, 2.45) is 0 Å². The highest BCUT2D eigenvalue weighted by Crippen LogP contribution is 2.27. The molecule has 7 nitrogen and oxygen atoms in total. The first-order valence-corrected chi connectivity index (χ1v) is 8.37. The number of aromatic amines is 1. The van der Waals surface area contributed by atoms with Gasteiger partial charge in [-0.1, -0.05) is 11.3 Å². The molecule has 114 valence electrons. The van der Waals surface area contributed by atoms with Crippen LogP contribution in [0.3, 0.4) is 0 Å². The van der Waals surface area contributed by atoms with Gasteiger partial charge in [-0.2, -0.15) is 10.3 Å². The summed E-state index contributed by atoms with van der Waals surface area (Å²) >= 11 is 2.92. The Morgan fingerprint density at radius 2 is 2.36 bits per heavy atom. The van der Waals surface area contributed by atoms with Gasteiger partial charge in [0.2, 0.25) is 0 Å². The van der Waals surface area contributed by atoms with Gasteiger partial charge in [0.15, 0.2) is 5.13 Å². The molecule has 0 saturated heterocycles. The summed E-state index contributed by atoms with van der Waals surface area (Å²) in [7, 11) is 0. The first-order chi connectivity index (χ1) is 10.6. The molecule has 0 bridgehead atoms. The molecule has 2 aromatic heterocycles. The van der Waals surface area contributed by atoms with Crippen LogP contribution < -0.4 is 11.1 Å². The number of carbonyl (C=O) groups is 1. The van der Waals surface area contributed by atoms with Gasteiger partial charge >= 0.3 is 0 Å². The van der Waals surface area contributed by atoms with E-state index in [1.54, 1.807) is 6.20 Å². The molecule has 3 aromatic rings. The molecule has 0 spiro atoms. The third kappa shape index (κ3) is 3.20. The van der Waals surface area contributed by atoms with E-state index in [9.17, 15) is 4.79 Å². The highest BCUT2D eigenvalue weighted by atomic mass is 32.2. The number of nitrogens with zero attached hydrogens (tertiary/aromatic N) is 3. The SMILES string of the molecule is Cc1cc(C(=O)NCCSc2cn[nH]n2)cc2sc(N)nc12. The summed E-state index contributed by atoms with van der Waals surface area (Å²) in [5.41, 5.74) is 8.16. The Morgan fingerprint density at radius 3 is 3.14 bits per heavy atom. The van der Waals surface area contributed by atoms with Crippen LogP contribution in [0.15, 0.2) is 23.4 Å². The van der Waals surface area contributed by atoms with Gasteiger partial charge in [0, 0.05) is 17.9 Å². The average molecular weight is 334 g/mol. The molecular formula is C13H14N6OS2. The summed E-state index contributed by atoms with van der Waals surface area (Å²) in [6, 6.07) is 3.66. The summed E-state index contributed by atoms with van der Waals surface area (Å²) in [5, 5.41) is 14.4. The smallest absolute Gasteiger partial charge is 0.251 e. The lowest BCUT2D eigenvalue weighted by Crippen LogP contribution is -2.25. The summed E-state index contributed by atoms with van der Waals surface area (Å²) in [5.74, 6) is 0.630. The van der Waals surface area contributed by atoms with Gasteiger partial charge in [-0.25, -0.2) is 4.98 Å². The number of aryl methyl sites for hydroxylation is 1. The number of benzene rings is 1. The van der Waals surface area contributed by atoms with Gasteiger partial charge in [0.1, 0.15) is 5.03 Å². The highest BCUT2D eigenvalue weighted by molar-refractivity contribution is 7.99. The lowest BCUT2D eigenvalue weighted by Gasteiger charge is -2.05. The number of hydrogen-bond acceptors (Lipinski definition) is 7. The fourth-order valence-electron chi connectivity index (χ4n) is 2.03. The molecule has 0 aliphatic carbocycles. The lowest BCUT2D eigenvalue weighted by atomic mass is 10.1. The molecule has 4 N–H and O–H groups in total. The molecule has 2 heterocycles. The number of thiazole rings is 1. The van der Waals surface area contributed by atoms with E-state index in [0.717, 1.165) is 26.6 Å². The zero-order chi connectivity index (χ0) is 15.5.